The van der Waals surface area contributed by atoms with Gasteiger partial charge in [-0.05, 0) is 54.6 Å². The van der Waals surface area contributed by atoms with E-state index in [1.807, 2.05) is 35.0 Å². The molecular formula is C20H19FN4S. The number of rotatable bonds is 3. The maximum absolute atomic E-state index is 13.5. The van der Waals surface area contributed by atoms with Crippen molar-refractivity contribution in [2.75, 3.05) is 5.32 Å². The summed E-state index contributed by atoms with van der Waals surface area (Å²) in [6, 6.07) is 11.4. The van der Waals surface area contributed by atoms with Gasteiger partial charge < -0.3 is 5.32 Å². The Bertz CT molecular complexity index is 1080. The molecule has 0 amide bonds. The molecule has 1 saturated carbocycles. The summed E-state index contributed by atoms with van der Waals surface area (Å²) in [5.41, 5.74) is 1.76. The SMILES string of the molecule is Fc1ccc2sc(-c3cnc4ccc(NC5CCCCC5)nn34)cc2c1. The van der Waals surface area contributed by atoms with Crippen molar-refractivity contribution in [3.05, 3.63) is 48.4 Å². The van der Waals surface area contributed by atoms with Crippen molar-refractivity contribution in [3.63, 3.8) is 0 Å². The van der Waals surface area contributed by atoms with Gasteiger partial charge in [-0.3, -0.25) is 0 Å². The minimum atomic E-state index is -0.211. The Morgan fingerprint density at radius 3 is 2.85 bits per heavy atom. The van der Waals surface area contributed by atoms with E-state index in [4.69, 9.17) is 5.10 Å². The minimum Gasteiger partial charge on any atom is -0.366 e. The number of hydrogen-bond donors (Lipinski definition) is 1. The van der Waals surface area contributed by atoms with Crippen molar-refractivity contribution in [2.45, 2.75) is 38.1 Å². The number of halogens is 1. The molecule has 4 aromatic rings. The summed E-state index contributed by atoms with van der Waals surface area (Å²) in [5, 5.41) is 9.25. The average molecular weight is 366 g/mol. The number of thiophene rings is 1. The standard InChI is InChI=1S/C20H19FN4S/c21-14-6-7-17-13(10-14)11-18(26-17)16-12-22-20-9-8-19(24-25(16)20)23-15-4-2-1-3-5-15/h6-12,15H,1-5H2,(H,23,24). The average Bonchev–Trinajstić information content (AvgIpc) is 3.25. The third-order valence-electron chi connectivity index (χ3n) is 5.05. The predicted octanol–water partition coefficient (Wildman–Crippen LogP) is 5.49. The van der Waals surface area contributed by atoms with E-state index in [0.29, 0.717) is 6.04 Å². The predicted molar refractivity (Wildman–Crippen MR) is 104 cm³/mol. The highest BCUT2D eigenvalue weighted by molar-refractivity contribution is 7.22. The largest absolute Gasteiger partial charge is 0.366 e. The van der Waals surface area contributed by atoms with Gasteiger partial charge in [-0.25, -0.2) is 13.9 Å². The molecule has 6 heteroatoms. The molecule has 1 aliphatic rings. The summed E-state index contributed by atoms with van der Waals surface area (Å²) in [7, 11) is 0. The van der Waals surface area contributed by atoms with Crippen LogP contribution in [0.2, 0.25) is 0 Å². The number of nitrogens with one attached hydrogen (secondary N) is 1. The molecule has 0 atom stereocenters. The minimum absolute atomic E-state index is 0.211. The fraction of sp³-hybridized carbons (Fsp3) is 0.300. The first-order chi connectivity index (χ1) is 12.8. The normalized spacial score (nSPS) is 15.7. The van der Waals surface area contributed by atoms with Crippen molar-refractivity contribution in [2.24, 2.45) is 0 Å². The lowest BCUT2D eigenvalue weighted by molar-refractivity contribution is 0.461. The monoisotopic (exact) mass is 366 g/mol. The van der Waals surface area contributed by atoms with Crippen LogP contribution in [0.4, 0.5) is 10.2 Å². The number of benzene rings is 1. The van der Waals surface area contributed by atoms with E-state index in [2.05, 4.69) is 10.3 Å². The Kier molecular flexibility index (Phi) is 3.85. The van der Waals surface area contributed by atoms with Gasteiger partial charge in [0.25, 0.3) is 0 Å². The van der Waals surface area contributed by atoms with Crippen molar-refractivity contribution in [1.29, 1.82) is 0 Å². The summed E-state index contributed by atoms with van der Waals surface area (Å²) in [4.78, 5) is 5.52. The van der Waals surface area contributed by atoms with Gasteiger partial charge in [-0.1, -0.05) is 19.3 Å². The van der Waals surface area contributed by atoms with Crippen LogP contribution < -0.4 is 5.32 Å². The first-order valence-electron chi connectivity index (χ1n) is 9.07. The van der Waals surface area contributed by atoms with E-state index in [1.54, 1.807) is 17.4 Å². The van der Waals surface area contributed by atoms with Gasteiger partial charge >= 0.3 is 0 Å². The highest BCUT2D eigenvalue weighted by atomic mass is 32.1. The maximum Gasteiger partial charge on any atom is 0.154 e. The van der Waals surface area contributed by atoms with Crippen LogP contribution in [-0.4, -0.2) is 20.6 Å². The van der Waals surface area contributed by atoms with Gasteiger partial charge in [0.2, 0.25) is 0 Å². The summed E-state index contributed by atoms with van der Waals surface area (Å²) < 4.78 is 16.4. The smallest absolute Gasteiger partial charge is 0.154 e. The van der Waals surface area contributed by atoms with E-state index in [9.17, 15) is 4.39 Å². The molecule has 5 rings (SSSR count). The van der Waals surface area contributed by atoms with Crippen LogP contribution in [0, 0.1) is 5.82 Å². The molecule has 1 N–H and O–H groups in total. The van der Waals surface area contributed by atoms with E-state index in [0.717, 1.165) is 32.1 Å². The number of aromatic nitrogens is 3. The fourth-order valence-electron chi connectivity index (χ4n) is 3.71. The Balaban J connectivity index is 1.53. The van der Waals surface area contributed by atoms with E-state index in [-0.39, 0.29) is 5.82 Å². The van der Waals surface area contributed by atoms with Crippen molar-refractivity contribution < 1.29 is 4.39 Å². The highest BCUT2D eigenvalue weighted by Gasteiger charge is 2.15. The van der Waals surface area contributed by atoms with Crippen LogP contribution in [0.3, 0.4) is 0 Å². The van der Waals surface area contributed by atoms with E-state index < -0.39 is 0 Å². The third kappa shape index (κ3) is 2.84. The summed E-state index contributed by atoms with van der Waals surface area (Å²) in [6.07, 6.45) is 8.16. The fourth-order valence-corrected chi connectivity index (χ4v) is 4.75. The molecule has 4 nitrogen and oxygen atoms in total. The lowest BCUT2D eigenvalue weighted by atomic mass is 9.95. The maximum atomic E-state index is 13.5. The zero-order valence-electron chi connectivity index (χ0n) is 14.3. The molecule has 0 aliphatic heterocycles. The zero-order valence-corrected chi connectivity index (χ0v) is 15.1. The molecule has 0 radical (unpaired) electrons. The lowest BCUT2D eigenvalue weighted by Crippen LogP contribution is -2.23. The van der Waals surface area contributed by atoms with Crippen LogP contribution >= 0.6 is 11.3 Å². The molecular weight excluding hydrogens is 347 g/mol. The molecule has 132 valence electrons. The number of imidazole rings is 1. The summed E-state index contributed by atoms with van der Waals surface area (Å²) >= 11 is 1.63. The lowest BCUT2D eigenvalue weighted by Gasteiger charge is -2.23. The van der Waals surface area contributed by atoms with Crippen LogP contribution in [0.5, 0.6) is 0 Å². The molecule has 0 bridgehead atoms. The second-order valence-corrected chi connectivity index (χ2v) is 7.99. The molecule has 26 heavy (non-hydrogen) atoms. The van der Waals surface area contributed by atoms with Gasteiger partial charge in [0.15, 0.2) is 5.65 Å². The zero-order chi connectivity index (χ0) is 17.5. The first-order valence-corrected chi connectivity index (χ1v) is 9.89. The van der Waals surface area contributed by atoms with Crippen LogP contribution in [-0.2, 0) is 0 Å². The molecule has 1 fully saturated rings. The molecule has 0 spiro atoms. The van der Waals surface area contributed by atoms with Gasteiger partial charge in [0, 0.05) is 10.7 Å². The van der Waals surface area contributed by atoms with Gasteiger partial charge in [0.1, 0.15) is 17.3 Å². The van der Waals surface area contributed by atoms with E-state index >= 15 is 0 Å². The second kappa shape index (κ2) is 6.36. The van der Waals surface area contributed by atoms with Crippen LogP contribution in [0.25, 0.3) is 26.3 Å². The molecule has 0 saturated heterocycles. The first kappa shape index (κ1) is 15.8. The number of anilines is 1. The molecule has 3 aromatic heterocycles. The summed E-state index contributed by atoms with van der Waals surface area (Å²) in [6.45, 7) is 0. The summed E-state index contributed by atoms with van der Waals surface area (Å²) in [5.74, 6) is 0.674. The van der Waals surface area contributed by atoms with Crippen molar-refractivity contribution in [1.82, 2.24) is 14.6 Å². The number of nitrogens with zero attached hydrogens (tertiary/aromatic N) is 3. The Labute approximate surface area is 154 Å². The Morgan fingerprint density at radius 2 is 1.96 bits per heavy atom. The molecule has 0 unspecified atom stereocenters. The van der Waals surface area contributed by atoms with Gasteiger partial charge in [-0.2, -0.15) is 0 Å². The third-order valence-corrected chi connectivity index (χ3v) is 6.19. The van der Waals surface area contributed by atoms with Gasteiger partial charge in [-0.15, -0.1) is 16.4 Å². The van der Waals surface area contributed by atoms with Crippen molar-refractivity contribution in [3.8, 4) is 10.6 Å². The van der Waals surface area contributed by atoms with Crippen molar-refractivity contribution >= 4 is 32.9 Å². The molecule has 3 heterocycles. The molecule has 1 aliphatic carbocycles. The highest BCUT2D eigenvalue weighted by Crippen LogP contribution is 2.34. The number of hydrogen-bond acceptors (Lipinski definition) is 4. The van der Waals surface area contributed by atoms with Gasteiger partial charge in [0.05, 0.1) is 11.1 Å². The quantitative estimate of drug-likeness (QED) is 0.521. The molecule has 1 aromatic carbocycles. The topological polar surface area (TPSA) is 42.2 Å². The Morgan fingerprint density at radius 1 is 1.08 bits per heavy atom. The van der Waals surface area contributed by atoms with Crippen LogP contribution in [0.1, 0.15) is 32.1 Å². The van der Waals surface area contributed by atoms with Crippen LogP contribution in [0.15, 0.2) is 42.6 Å². The number of fused-ring (bicyclic) bond motifs is 2. The Hall–Kier alpha value is -2.47. The second-order valence-electron chi connectivity index (χ2n) is 6.90. The van der Waals surface area contributed by atoms with E-state index in [1.165, 1.54) is 38.2 Å².